The molecule has 9 heteroatoms. The zero-order valence-corrected chi connectivity index (χ0v) is 20.6. The Kier molecular flexibility index (Phi) is 6.42. The number of nitrogens with zero attached hydrogens (tertiary/aromatic N) is 4. The van der Waals surface area contributed by atoms with E-state index in [0.29, 0.717) is 28.0 Å². The number of nitrogens with one attached hydrogen (secondary N) is 1. The standard InChI is InChI=1S/C23H23Cl2N5OS/c1-13-21(25)15(3)29(27-13)10-17-9-20(32-12-17)23(31)26-22-14(2)28-30(16(22)4)11-18-7-5-6-8-19(18)24/h5-9,12H,10-11H2,1-4H3,(H,26,31). The summed E-state index contributed by atoms with van der Waals surface area (Å²) in [4.78, 5) is 13.6. The Morgan fingerprint density at radius 3 is 2.38 bits per heavy atom. The third-order valence-electron chi connectivity index (χ3n) is 5.40. The number of aromatic nitrogens is 4. The predicted octanol–water partition coefficient (Wildman–Crippen LogP) is 6.03. The third kappa shape index (κ3) is 4.46. The van der Waals surface area contributed by atoms with E-state index >= 15 is 0 Å². The number of carbonyl (C=O) groups is 1. The van der Waals surface area contributed by atoms with Crippen LogP contribution in [0.2, 0.25) is 10.0 Å². The highest BCUT2D eigenvalue weighted by atomic mass is 35.5. The van der Waals surface area contributed by atoms with E-state index in [2.05, 4.69) is 15.5 Å². The SMILES string of the molecule is Cc1nn(Cc2csc(C(=O)Nc3c(C)nn(Cc4ccccc4Cl)c3C)c2)c(C)c1Cl. The molecule has 0 unspecified atom stereocenters. The van der Waals surface area contributed by atoms with Crippen LogP contribution >= 0.6 is 34.5 Å². The maximum absolute atomic E-state index is 12.9. The molecule has 0 aliphatic heterocycles. The summed E-state index contributed by atoms with van der Waals surface area (Å²) in [7, 11) is 0. The second kappa shape index (κ2) is 9.10. The molecule has 0 saturated carbocycles. The van der Waals surface area contributed by atoms with E-state index in [0.717, 1.165) is 39.6 Å². The maximum atomic E-state index is 12.9. The summed E-state index contributed by atoms with van der Waals surface area (Å²) < 4.78 is 3.72. The first kappa shape index (κ1) is 22.6. The van der Waals surface area contributed by atoms with Crippen molar-refractivity contribution < 1.29 is 4.79 Å². The molecular weight excluding hydrogens is 465 g/mol. The zero-order valence-electron chi connectivity index (χ0n) is 18.2. The largest absolute Gasteiger partial charge is 0.318 e. The van der Waals surface area contributed by atoms with Gasteiger partial charge in [-0.2, -0.15) is 10.2 Å². The van der Waals surface area contributed by atoms with Crippen LogP contribution in [0.5, 0.6) is 0 Å². The second-order valence-corrected chi connectivity index (χ2v) is 9.41. The Bertz CT molecular complexity index is 1300. The van der Waals surface area contributed by atoms with E-state index < -0.39 is 0 Å². The van der Waals surface area contributed by atoms with Gasteiger partial charge in [0, 0.05) is 5.02 Å². The summed E-state index contributed by atoms with van der Waals surface area (Å²) in [5.41, 5.74) is 6.06. The van der Waals surface area contributed by atoms with Crippen LogP contribution in [0.25, 0.3) is 0 Å². The molecule has 0 aliphatic rings. The monoisotopic (exact) mass is 487 g/mol. The van der Waals surface area contributed by atoms with E-state index in [1.165, 1.54) is 11.3 Å². The number of halogens is 2. The van der Waals surface area contributed by atoms with Crippen LogP contribution in [0.3, 0.4) is 0 Å². The second-order valence-electron chi connectivity index (χ2n) is 7.71. The van der Waals surface area contributed by atoms with Crippen molar-refractivity contribution in [1.82, 2.24) is 19.6 Å². The quantitative estimate of drug-likeness (QED) is 0.361. The van der Waals surface area contributed by atoms with Gasteiger partial charge in [0.05, 0.1) is 51.5 Å². The van der Waals surface area contributed by atoms with Gasteiger partial charge in [0.1, 0.15) is 0 Å². The van der Waals surface area contributed by atoms with Gasteiger partial charge in [0.25, 0.3) is 5.91 Å². The van der Waals surface area contributed by atoms with Gasteiger partial charge in [-0.25, -0.2) is 0 Å². The number of thiophene rings is 1. The lowest BCUT2D eigenvalue weighted by Gasteiger charge is -2.08. The molecule has 0 saturated heterocycles. The van der Waals surface area contributed by atoms with E-state index in [-0.39, 0.29) is 5.91 Å². The van der Waals surface area contributed by atoms with Crippen LogP contribution < -0.4 is 5.32 Å². The summed E-state index contributed by atoms with van der Waals surface area (Å²) >= 11 is 13.9. The molecule has 3 heterocycles. The van der Waals surface area contributed by atoms with Gasteiger partial charge >= 0.3 is 0 Å². The maximum Gasteiger partial charge on any atom is 0.265 e. The number of hydrogen-bond acceptors (Lipinski definition) is 4. The molecule has 32 heavy (non-hydrogen) atoms. The molecule has 0 bridgehead atoms. The van der Waals surface area contributed by atoms with Crippen LogP contribution in [0.4, 0.5) is 5.69 Å². The summed E-state index contributed by atoms with van der Waals surface area (Å²) in [6, 6.07) is 9.57. The number of anilines is 1. The smallest absolute Gasteiger partial charge is 0.265 e. The molecule has 0 spiro atoms. The molecule has 6 nitrogen and oxygen atoms in total. The van der Waals surface area contributed by atoms with Crippen molar-refractivity contribution in [2.75, 3.05) is 5.32 Å². The molecule has 1 N–H and O–H groups in total. The molecule has 0 aliphatic carbocycles. The lowest BCUT2D eigenvalue weighted by molar-refractivity contribution is 0.103. The molecule has 3 aromatic heterocycles. The Morgan fingerprint density at radius 2 is 1.69 bits per heavy atom. The minimum Gasteiger partial charge on any atom is -0.318 e. The Hall–Kier alpha value is -2.61. The van der Waals surface area contributed by atoms with Crippen molar-refractivity contribution in [3.63, 3.8) is 0 Å². The Morgan fingerprint density at radius 1 is 1.00 bits per heavy atom. The third-order valence-corrected chi connectivity index (χ3v) is 7.29. The van der Waals surface area contributed by atoms with Crippen molar-refractivity contribution in [3.05, 3.63) is 84.5 Å². The molecule has 4 rings (SSSR count). The van der Waals surface area contributed by atoms with Crippen LogP contribution in [0.1, 0.15) is 43.6 Å². The van der Waals surface area contributed by atoms with Gasteiger partial charge < -0.3 is 5.32 Å². The molecule has 0 fully saturated rings. The molecule has 1 aromatic carbocycles. The van der Waals surface area contributed by atoms with Gasteiger partial charge in [-0.05, 0) is 56.3 Å². The predicted molar refractivity (Wildman–Crippen MR) is 130 cm³/mol. The van der Waals surface area contributed by atoms with Crippen LogP contribution in [-0.4, -0.2) is 25.5 Å². The zero-order chi connectivity index (χ0) is 23.0. The van der Waals surface area contributed by atoms with Crippen molar-refractivity contribution in [2.45, 2.75) is 40.8 Å². The van der Waals surface area contributed by atoms with E-state index in [9.17, 15) is 4.79 Å². The minimum atomic E-state index is -0.156. The highest BCUT2D eigenvalue weighted by molar-refractivity contribution is 7.12. The normalized spacial score (nSPS) is 11.2. The first-order valence-electron chi connectivity index (χ1n) is 10.1. The number of hydrogen-bond donors (Lipinski definition) is 1. The van der Waals surface area contributed by atoms with Crippen LogP contribution in [0.15, 0.2) is 35.7 Å². The average Bonchev–Trinajstić information content (AvgIpc) is 3.40. The molecule has 0 atom stereocenters. The number of rotatable bonds is 6. The lowest BCUT2D eigenvalue weighted by atomic mass is 10.2. The Labute approximate surface area is 200 Å². The molecule has 166 valence electrons. The number of aryl methyl sites for hydroxylation is 2. The van der Waals surface area contributed by atoms with Gasteiger partial charge in [0.2, 0.25) is 0 Å². The first-order chi connectivity index (χ1) is 15.2. The Balaban J connectivity index is 1.49. The van der Waals surface area contributed by atoms with E-state index in [1.54, 1.807) is 0 Å². The number of carbonyl (C=O) groups excluding carboxylic acids is 1. The minimum absolute atomic E-state index is 0.156. The van der Waals surface area contributed by atoms with E-state index in [1.807, 2.05) is 72.8 Å². The van der Waals surface area contributed by atoms with Gasteiger partial charge in [-0.3, -0.25) is 14.2 Å². The fourth-order valence-electron chi connectivity index (χ4n) is 3.57. The first-order valence-corrected chi connectivity index (χ1v) is 11.7. The fourth-order valence-corrected chi connectivity index (χ4v) is 4.70. The summed E-state index contributed by atoms with van der Waals surface area (Å²) in [6.45, 7) is 8.76. The topological polar surface area (TPSA) is 64.7 Å². The van der Waals surface area contributed by atoms with Crippen molar-refractivity contribution in [2.24, 2.45) is 0 Å². The molecule has 4 aromatic rings. The van der Waals surface area contributed by atoms with Crippen LogP contribution in [-0.2, 0) is 13.1 Å². The summed E-state index contributed by atoms with van der Waals surface area (Å²) in [5.74, 6) is -0.156. The van der Waals surface area contributed by atoms with Gasteiger partial charge in [-0.1, -0.05) is 41.4 Å². The lowest BCUT2D eigenvalue weighted by Crippen LogP contribution is -2.12. The van der Waals surface area contributed by atoms with E-state index in [4.69, 9.17) is 23.2 Å². The average molecular weight is 488 g/mol. The highest BCUT2D eigenvalue weighted by Crippen LogP contribution is 2.25. The molecule has 1 amide bonds. The molecule has 0 radical (unpaired) electrons. The van der Waals surface area contributed by atoms with Gasteiger partial charge in [0.15, 0.2) is 0 Å². The fraction of sp³-hybridized carbons (Fsp3) is 0.261. The van der Waals surface area contributed by atoms with Crippen molar-refractivity contribution >= 4 is 46.1 Å². The number of benzene rings is 1. The summed E-state index contributed by atoms with van der Waals surface area (Å²) in [6.07, 6.45) is 0. The highest BCUT2D eigenvalue weighted by Gasteiger charge is 2.18. The summed E-state index contributed by atoms with van der Waals surface area (Å²) in [5, 5.41) is 15.4. The van der Waals surface area contributed by atoms with Crippen molar-refractivity contribution in [3.8, 4) is 0 Å². The van der Waals surface area contributed by atoms with Crippen LogP contribution in [0, 0.1) is 27.7 Å². The van der Waals surface area contributed by atoms with Gasteiger partial charge in [-0.15, -0.1) is 11.3 Å². The van der Waals surface area contributed by atoms with Crippen molar-refractivity contribution in [1.29, 1.82) is 0 Å². The number of amides is 1. The molecular formula is C23H23Cl2N5OS.